The van der Waals surface area contributed by atoms with E-state index in [0.717, 1.165) is 18.5 Å². The van der Waals surface area contributed by atoms with Gasteiger partial charge >= 0.3 is 5.97 Å². The van der Waals surface area contributed by atoms with E-state index >= 15 is 0 Å². The molecule has 1 atom stereocenters. The first-order valence-corrected chi connectivity index (χ1v) is 7.32. The van der Waals surface area contributed by atoms with E-state index in [1.807, 2.05) is 6.07 Å². The van der Waals surface area contributed by atoms with Gasteiger partial charge in [-0.05, 0) is 50.7 Å². The zero-order chi connectivity index (χ0) is 15.0. The number of carbonyl (C=O) groups is 1. The highest BCUT2D eigenvalue weighted by Crippen LogP contribution is 2.12. The third-order valence-corrected chi connectivity index (χ3v) is 2.95. The van der Waals surface area contributed by atoms with Crippen LogP contribution in [0.5, 0.6) is 0 Å². The first-order valence-electron chi connectivity index (χ1n) is 6.91. The molecule has 0 amide bonds. The summed E-state index contributed by atoms with van der Waals surface area (Å²) in [6.45, 7) is 6.38. The largest absolute Gasteiger partial charge is 0.462 e. The van der Waals surface area contributed by atoms with Crippen LogP contribution in [0.3, 0.4) is 0 Å². The SMILES string of the molecule is CCC[C@@H](C)NC(=S)Nc1cccc(C(=O)OCC)c1. The maximum atomic E-state index is 11.6. The summed E-state index contributed by atoms with van der Waals surface area (Å²) in [5, 5.41) is 6.85. The zero-order valence-corrected chi connectivity index (χ0v) is 13.0. The monoisotopic (exact) mass is 294 g/mol. The van der Waals surface area contributed by atoms with Crippen molar-refractivity contribution in [2.75, 3.05) is 11.9 Å². The van der Waals surface area contributed by atoms with Crippen molar-refractivity contribution in [3.63, 3.8) is 0 Å². The molecule has 0 saturated carbocycles. The maximum Gasteiger partial charge on any atom is 0.338 e. The molecule has 0 saturated heterocycles. The van der Waals surface area contributed by atoms with E-state index in [-0.39, 0.29) is 5.97 Å². The van der Waals surface area contributed by atoms with Crippen molar-refractivity contribution in [3.05, 3.63) is 29.8 Å². The molecule has 1 rings (SSSR count). The van der Waals surface area contributed by atoms with Gasteiger partial charge in [-0.3, -0.25) is 0 Å². The van der Waals surface area contributed by atoms with Crippen LogP contribution in [0, 0.1) is 0 Å². The molecule has 0 aliphatic heterocycles. The van der Waals surface area contributed by atoms with Gasteiger partial charge in [0.15, 0.2) is 5.11 Å². The van der Waals surface area contributed by atoms with Gasteiger partial charge in [0.2, 0.25) is 0 Å². The molecule has 0 radical (unpaired) electrons. The van der Waals surface area contributed by atoms with Crippen LogP contribution in [0.25, 0.3) is 0 Å². The van der Waals surface area contributed by atoms with Crippen molar-refractivity contribution >= 4 is 29.0 Å². The first kappa shape index (κ1) is 16.4. The molecular weight excluding hydrogens is 272 g/mol. The summed E-state index contributed by atoms with van der Waals surface area (Å²) in [6.07, 6.45) is 2.17. The number of nitrogens with one attached hydrogen (secondary N) is 2. The third-order valence-electron chi connectivity index (χ3n) is 2.73. The van der Waals surface area contributed by atoms with Crippen LogP contribution >= 0.6 is 12.2 Å². The van der Waals surface area contributed by atoms with Gasteiger partial charge in [0.25, 0.3) is 0 Å². The Kier molecular flexibility index (Phi) is 7.01. The number of hydrogen-bond donors (Lipinski definition) is 2. The Labute approximate surface area is 125 Å². The van der Waals surface area contributed by atoms with E-state index in [4.69, 9.17) is 17.0 Å². The van der Waals surface area contributed by atoms with Crippen LogP contribution in [0.15, 0.2) is 24.3 Å². The van der Waals surface area contributed by atoms with Crippen LogP contribution in [-0.2, 0) is 4.74 Å². The Morgan fingerprint density at radius 3 is 2.80 bits per heavy atom. The van der Waals surface area contributed by atoms with E-state index in [0.29, 0.717) is 23.3 Å². The molecule has 1 aromatic rings. The van der Waals surface area contributed by atoms with Gasteiger partial charge in [0, 0.05) is 11.7 Å². The van der Waals surface area contributed by atoms with Gasteiger partial charge in [-0.25, -0.2) is 4.79 Å². The average Bonchev–Trinajstić information content (AvgIpc) is 2.39. The molecule has 0 heterocycles. The Morgan fingerprint density at radius 1 is 1.40 bits per heavy atom. The molecule has 0 aliphatic carbocycles. The van der Waals surface area contributed by atoms with Crippen LogP contribution in [0.1, 0.15) is 44.0 Å². The predicted molar refractivity (Wildman–Crippen MR) is 86.1 cm³/mol. The molecule has 20 heavy (non-hydrogen) atoms. The standard InChI is InChI=1S/C15H22N2O2S/c1-4-7-11(3)16-15(20)17-13-9-6-8-12(10-13)14(18)19-5-2/h6,8-11H,4-5,7H2,1-3H3,(H2,16,17,20)/t11-/m1/s1. The highest BCUT2D eigenvalue weighted by atomic mass is 32.1. The molecule has 4 nitrogen and oxygen atoms in total. The third kappa shape index (κ3) is 5.57. The Morgan fingerprint density at radius 2 is 2.15 bits per heavy atom. The number of rotatable bonds is 6. The minimum atomic E-state index is -0.325. The topological polar surface area (TPSA) is 50.4 Å². The number of ether oxygens (including phenoxy) is 1. The van der Waals surface area contributed by atoms with Gasteiger partial charge in [-0.1, -0.05) is 19.4 Å². The van der Waals surface area contributed by atoms with Gasteiger partial charge in [0.1, 0.15) is 0 Å². The van der Waals surface area contributed by atoms with Crippen LogP contribution in [-0.4, -0.2) is 23.7 Å². The van der Waals surface area contributed by atoms with Crippen molar-refractivity contribution in [3.8, 4) is 0 Å². The molecule has 1 aromatic carbocycles. The molecule has 5 heteroatoms. The summed E-state index contributed by atoms with van der Waals surface area (Å²) in [7, 11) is 0. The zero-order valence-electron chi connectivity index (χ0n) is 12.2. The number of carbonyl (C=O) groups excluding carboxylic acids is 1. The van der Waals surface area contributed by atoms with Crippen LogP contribution in [0.2, 0.25) is 0 Å². The fourth-order valence-corrected chi connectivity index (χ4v) is 2.15. The van der Waals surface area contributed by atoms with Gasteiger partial charge in [0.05, 0.1) is 12.2 Å². The van der Waals surface area contributed by atoms with E-state index < -0.39 is 0 Å². The Balaban J connectivity index is 2.61. The molecule has 0 fully saturated rings. The summed E-state index contributed by atoms with van der Waals surface area (Å²) in [5.41, 5.74) is 1.29. The van der Waals surface area contributed by atoms with Crippen LogP contribution < -0.4 is 10.6 Å². The number of anilines is 1. The first-order chi connectivity index (χ1) is 9.56. The van der Waals surface area contributed by atoms with Crippen molar-refractivity contribution in [1.82, 2.24) is 5.32 Å². The number of hydrogen-bond acceptors (Lipinski definition) is 3. The summed E-state index contributed by atoms with van der Waals surface area (Å²) in [5.74, 6) is -0.325. The fourth-order valence-electron chi connectivity index (χ4n) is 1.83. The second-order valence-electron chi connectivity index (χ2n) is 4.59. The molecule has 0 bridgehead atoms. The molecular formula is C15H22N2O2S. The van der Waals surface area contributed by atoms with Gasteiger partial charge in [-0.15, -0.1) is 0 Å². The summed E-state index contributed by atoms with van der Waals surface area (Å²) in [6, 6.07) is 7.44. The molecule has 2 N–H and O–H groups in total. The lowest BCUT2D eigenvalue weighted by molar-refractivity contribution is 0.0526. The highest BCUT2D eigenvalue weighted by Gasteiger charge is 2.08. The number of esters is 1. The lowest BCUT2D eigenvalue weighted by Gasteiger charge is -2.16. The van der Waals surface area contributed by atoms with Crippen LogP contribution in [0.4, 0.5) is 5.69 Å². The van der Waals surface area contributed by atoms with Crippen molar-refractivity contribution in [2.45, 2.75) is 39.7 Å². The minimum Gasteiger partial charge on any atom is -0.462 e. The average molecular weight is 294 g/mol. The van der Waals surface area contributed by atoms with Crippen molar-refractivity contribution < 1.29 is 9.53 Å². The summed E-state index contributed by atoms with van der Waals surface area (Å²) in [4.78, 5) is 11.6. The molecule has 0 aliphatic rings. The highest BCUT2D eigenvalue weighted by molar-refractivity contribution is 7.80. The Hall–Kier alpha value is -1.62. The maximum absolute atomic E-state index is 11.6. The van der Waals surface area contributed by atoms with Gasteiger partial charge < -0.3 is 15.4 Å². The summed E-state index contributed by atoms with van der Waals surface area (Å²) < 4.78 is 4.97. The molecule has 110 valence electrons. The summed E-state index contributed by atoms with van der Waals surface area (Å²) >= 11 is 5.25. The normalized spacial score (nSPS) is 11.6. The minimum absolute atomic E-state index is 0.325. The molecule has 0 aromatic heterocycles. The second-order valence-corrected chi connectivity index (χ2v) is 5.00. The van der Waals surface area contributed by atoms with Gasteiger partial charge in [-0.2, -0.15) is 0 Å². The smallest absolute Gasteiger partial charge is 0.338 e. The van der Waals surface area contributed by atoms with E-state index in [9.17, 15) is 4.79 Å². The van der Waals surface area contributed by atoms with Crippen molar-refractivity contribution in [1.29, 1.82) is 0 Å². The fraction of sp³-hybridized carbons (Fsp3) is 0.467. The van der Waals surface area contributed by atoms with E-state index in [1.165, 1.54) is 0 Å². The molecule has 0 spiro atoms. The predicted octanol–water partition coefficient (Wildman–Crippen LogP) is 3.34. The molecule has 0 unspecified atom stereocenters. The number of benzene rings is 1. The quantitative estimate of drug-likeness (QED) is 0.622. The lowest BCUT2D eigenvalue weighted by atomic mass is 10.2. The second kappa shape index (κ2) is 8.53. The number of thiocarbonyl (C=S) groups is 1. The van der Waals surface area contributed by atoms with E-state index in [1.54, 1.807) is 25.1 Å². The van der Waals surface area contributed by atoms with E-state index in [2.05, 4.69) is 24.5 Å². The lowest BCUT2D eigenvalue weighted by Crippen LogP contribution is -2.35. The Bertz CT molecular complexity index is 463. The van der Waals surface area contributed by atoms with Crippen molar-refractivity contribution in [2.24, 2.45) is 0 Å².